The number of ether oxygens (including phenoxy) is 1. The van der Waals surface area contributed by atoms with Crippen molar-refractivity contribution in [2.45, 2.75) is 33.1 Å². The highest BCUT2D eigenvalue weighted by atomic mass is 16.5. The highest BCUT2D eigenvalue weighted by Gasteiger charge is 2.13. The quantitative estimate of drug-likeness (QED) is 0.785. The molecule has 0 bridgehead atoms. The summed E-state index contributed by atoms with van der Waals surface area (Å²) in [6.45, 7) is 8.51. The predicted octanol–water partition coefficient (Wildman–Crippen LogP) is 4.80. The van der Waals surface area contributed by atoms with Crippen molar-refractivity contribution in [1.82, 2.24) is 0 Å². The topological polar surface area (TPSA) is 67.4 Å². The molecular weight excluding hydrogens is 316 g/mol. The summed E-state index contributed by atoms with van der Waals surface area (Å²) >= 11 is 0. The van der Waals surface area contributed by atoms with Gasteiger partial charge in [0.1, 0.15) is 0 Å². The molecule has 132 valence electrons. The Morgan fingerprint density at radius 1 is 0.880 bits per heavy atom. The van der Waals surface area contributed by atoms with Crippen LogP contribution >= 0.6 is 0 Å². The second-order valence-corrected chi connectivity index (χ2v) is 6.70. The van der Waals surface area contributed by atoms with Gasteiger partial charge in [-0.25, -0.2) is 9.59 Å². The standard InChI is InChI=1S/C20H24N2O3/c1-5-25-18(23)14-6-10-16(11-7-14)21-19(24)22-17-12-8-15(9-13-17)20(2,3)4/h6-13H,5H2,1-4H3,(H2,21,22,24). The molecule has 0 heterocycles. The lowest BCUT2D eigenvalue weighted by Crippen LogP contribution is -2.19. The van der Waals surface area contributed by atoms with Crippen molar-refractivity contribution in [2.24, 2.45) is 0 Å². The molecule has 5 heteroatoms. The first-order chi connectivity index (χ1) is 11.8. The van der Waals surface area contributed by atoms with Crippen LogP contribution in [0.15, 0.2) is 48.5 Å². The molecular formula is C20H24N2O3. The van der Waals surface area contributed by atoms with Crippen LogP contribution in [0.3, 0.4) is 0 Å². The van der Waals surface area contributed by atoms with Gasteiger partial charge in [0, 0.05) is 11.4 Å². The molecule has 2 amide bonds. The number of urea groups is 1. The van der Waals surface area contributed by atoms with Gasteiger partial charge < -0.3 is 15.4 Å². The normalized spacial score (nSPS) is 10.9. The number of rotatable bonds is 4. The van der Waals surface area contributed by atoms with E-state index in [4.69, 9.17) is 4.74 Å². The van der Waals surface area contributed by atoms with Gasteiger partial charge in [0.25, 0.3) is 0 Å². The van der Waals surface area contributed by atoms with Crippen LogP contribution in [0.2, 0.25) is 0 Å². The van der Waals surface area contributed by atoms with Gasteiger partial charge in [-0.3, -0.25) is 0 Å². The van der Waals surface area contributed by atoms with Crippen LogP contribution in [-0.2, 0) is 10.2 Å². The summed E-state index contributed by atoms with van der Waals surface area (Å²) in [5.74, 6) is -0.377. The summed E-state index contributed by atoms with van der Waals surface area (Å²) in [6.07, 6.45) is 0. The van der Waals surface area contributed by atoms with Crippen LogP contribution in [-0.4, -0.2) is 18.6 Å². The molecule has 0 aliphatic rings. The number of benzene rings is 2. The van der Waals surface area contributed by atoms with Gasteiger partial charge >= 0.3 is 12.0 Å². The van der Waals surface area contributed by atoms with Crippen LogP contribution in [0.5, 0.6) is 0 Å². The molecule has 0 saturated carbocycles. The third kappa shape index (κ3) is 5.35. The molecule has 0 spiro atoms. The van der Waals surface area contributed by atoms with Gasteiger partial charge in [-0.15, -0.1) is 0 Å². The van der Waals surface area contributed by atoms with Crippen LogP contribution in [0, 0.1) is 0 Å². The van der Waals surface area contributed by atoms with Gasteiger partial charge in [-0.05, 0) is 54.3 Å². The number of hydrogen-bond acceptors (Lipinski definition) is 3. The average molecular weight is 340 g/mol. The highest BCUT2D eigenvalue weighted by molar-refractivity contribution is 6.00. The third-order valence-corrected chi connectivity index (χ3v) is 3.66. The van der Waals surface area contributed by atoms with E-state index in [9.17, 15) is 9.59 Å². The molecule has 5 nitrogen and oxygen atoms in total. The van der Waals surface area contributed by atoms with Gasteiger partial charge in [-0.2, -0.15) is 0 Å². The van der Waals surface area contributed by atoms with Gasteiger partial charge in [0.2, 0.25) is 0 Å². The fourth-order valence-electron chi connectivity index (χ4n) is 2.25. The minimum absolute atomic E-state index is 0.0709. The summed E-state index contributed by atoms with van der Waals surface area (Å²) in [6, 6.07) is 14.0. The lowest BCUT2D eigenvalue weighted by Gasteiger charge is -2.19. The zero-order valence-corrected chi connectivity index (χ0v) is 15.1. The van der Waals surface area contributed by atoms with E-state index >= 15 is 0 Å². The van der Waals surface area contributed by atoms with E-state index in [2.05, 4.69) is 31.4 Å². The fraction of sp³-hybridized carbons (Fsp3) is 0.300. The summed E-state index contributed by atoms with van der Waals surface area (Å²) < 4.78 is 4.92. The van der Waals surface area contributed by atoms with Gasteiger partial charge in [0.15, 0.2) is 0 Å². The van der Waals surface area contributed by atoms with E-state index in [-0.39, 0.29) is 17.4 Å². The molecule has 2 aromatic rings. The van der Waals surface area contributed by atoms with E-state index in [1.165, 1.54) is 5.56 Å². The molecule has 2 aromatic carbocycles. The second-order valence-electron chi connectivity index (χ2n) is 6.70. The van der Waals surface area contributed by atoms with Crippen LogP contribution < -0.4 is 10.6 Å². The molecule has 2 N–H and O–H groups in total. The van der Waals surface area contributed by atoms with Crippen molar-refractivity contribution in [1.29, 1.82) is 0 Å². The molecule has 0 unspecified atom stereocenters. The summed E-state index contributed by atoms with van der Waals surface area (Å²) in [7, 11) is 0. The summed E-state index contributed by atoms with van der Waals surface area (Å²) in [5.41, 5.74) is 3.03. The Morgan fingerprint density at radius 2 is 1.36 bits per heavy atom. The summed E-state index contributed by atoms with van der Waals surface area (Å²) in [5, 5.41) is 5.52. The van der Waals surface area contributed by atoms with Gasteiger partial charge in [0.05, 0.1) is 12.2 Å². The largest absolute Gasteiger partial charge is 0.462 e. The Morgan fingerprint density at radius 3 is 1.80 bits per heavy atom. The minimum atomic E-state index is -0.377. The molecule has 0 saturated heterocycles. The van der Waals surface area contributed by atoms with Crippen molar-refractivity contribution in [3.05, 3.63) is 59.7 Å². The van der Waals surface area contributed by atoms with Crippen molar-refractivity contribution >= 4 is 23.4 Å². The number of nitrogens with one attached hydrogen (secondary N) is 2. The number of esters is 1. The first-order valence-corrected chi connectivity index (χ1v) is 8.25. The van der Waals surface area contributed by atoms with Crippen LogP contribution in [0.4, 0.5) is 16.2 Å². The van der Waals surface area contributed by atoms with E-state index in [0.717, 1.165) is 0 Å². The Bertz CT molecular complexity index is 729. The number of carbonyl (C=O) groups is 2. The van der Waals surface area contributed by atoms with Crippen molar-refractivity contribution < 1.29 is 14.3 Å². The molecule has 0 aliphatic carbocycles. The Kier molecular flexibility index (Phi) is 5.80. The monoisotopic (exact) mass is 340 g/mol. The smallest absolute Gasteiger partial charge is 0.338 e. The van der Waals surface area contributed by atoms with Crippen LogP contribution in [0.25, 0.3) is 0 Å². The van der Waals surface area contributed by atoms with Crippen molar-refractivity contribution in [3.63, 3.8) is 0 Å². The van der Waals surface area contributed by atoms with Crippen molar-refractivity contribution in [2.75, 3.05) is 17.2 Å². The van der Waals surface area contributed by atoms with E-state index in [0.29, 0.717) is 23.5 Å². The van der Waals surface area contributed by atoms with Crippen molar-refractivity contribution in [3.8, 4) is 0 Å². The van der Waals surface area contributed by atoms with Gasteiger partial charge in [-0.1, -0.05) is 32.9 Å². The minimum Gasteiger partial charge on any atom is -0.462 e. The molecule has 0 aromatic heterocycles. The zero-order chi connectivity index (χ0) is 18.4. The molecule has 2 rings (SSSR count). The average Bonchev–Trinajstić information content (AvgIpc) is 2.55. The molecule has 0 fully saturated rings. The lowest BCUT2D eigenvalue weighted by molar-refractivity contribution is 0.0526. The highest BCUT2D eigenvalue weighted by Crippen LogP contribution is 2.23. The lowest BCUT2D eigenvalue weighted by atomic mass is 9.87. The Labute approximate surface area is 148 Å². The first kappa shape index (κ1) is 18.5. The Balaban J connectivity index is 1.95. The second kappa shape index (κ2) is 7.83. The van der Waals surface area contributed by atoms with E-state index < -0.39 is 0 Å². The maximum atomic E-state index is 12.1. The van der Waals surface area contributed by atoms with E-state index in [1.54, 1.807) is 31.2 Å². The number of amides is 2. The fourth-order valence-corrected chi connectivity index (χ4v) is 2.25. The zero-order valence-electron chi connectivity index (χ0n) is 15.1. The van der Waals surface area contributed by atoms with E-state index in [1.807, 2.05) is 24.3 Å². The predicted molar refractivity (Wildman–Crippen MR) is 100 cm³/mol. The maximum absolute atomic E-state index is 12.1. The number of anilines is 2. The summed E-state index contributed by atoms with van der Waals surface area (Å²) in [4.78, 5) is 23.7. The Hall–Kier alpha value is -2.82. The molecule has 0 aliphatic heterocycles. The SMILES string of the molecule is CCOC(=O)c1ccc(NC(=O)Nc2ccc(C(C)(C)C)cc2)cc1. The molecule has 0 atom stereocenters. The molecule has 25 heavy (non-hydrogen) atoms. The molecule has 0 radical (unpaired) electrons. The first-order valence-electron chi connectivity index (χ1n) is 8.25. The maximum Gasteiger partial charge on any atom is 0.338 e. The number of carbonyl (C=O) groups excluding carboxylic acids is 2. The number of hydrogen-bond donors (Lipinski definition) is 2. The third-order valence-electron chi connectivity index (χ3n) is 3.66. The van der Waals surface area contributed by atoms with Crippen LogP contribution in [0.1, 0.15) is 43.6 Å².